The van der Waals surface area contributed by atoms with Crippen molar-refractivity contribution in [2.45, 2.75) is 38.5 Å². The molecular weight excluding hydrogens is 224 g/mol. The Balaban J connectivity index is 0.00000128. The molecule has 2 fully saturated rings. The molecule has 2 rings (SSSR count). The number of piperidine rings is 1. The minimum atomic E-state index is -0.110. The van der Waals surface area contributed by atoms with Crippen molar-refractivity contribution < 1.29 is 4.79 Å². The first kappa shape index (κ1) is 13.8. The molecule has 0 aromatic carbocycles. The number of hydrogen-bond donors (Lipinski definition) is 2. The van der Waals surface area contributed by atoms with E-state index in [0.29, 0.717) is 12.3 Å². The third-order valence-electron chi connectivity index (χ3n) is 3.85. The van der Waals surface area contributed by atoms with E-state index in [9.17, 15) is 4.79 Å². The van der Waals surface area contributed by atoms with E-state index in [2.05, 4.69) is 5.32 Å². The summed E-state index contributed by atoms with van der Waals surface area (Å²) in [6.45, 7) is 2.30. The first-order valence-corrected chi connectivity index (χ1v) is 6.24. The minimum absolute atomic E-state index is 0. The Kier molecular flexibility index (Phi) is 5.56. The second-order valence-electron chi connectivity index (χ2n) is 5.20. The van der Waals surface area contributed by atoms with Crippen molar-refractivity contribution in [3.8, 4) is 0 Å². The van der Waals surface area contributed by atoms with Crippen LogP contribution in [-0.2, 0) is 4.79 Å². The van der Waals surface area contributed by atoms with Crippen LogP contribution in [0.4, 0.5) is 0 Å². The van der Waals surface area contributed by atoms with Crippen LogP contribution in [-0.4, -0.2) is 19.0 Å². The predicted molar refractivity (Wildman–Crippen MR) is 67.5 cm³/mol. The van der Waals surface area contributed by atoms with E-state index < -0.39 is 0 Å². The zero-order valence-corrected chi connectivity index (χ0v) is 10.6. The Morgan fingerprint density at radius 2 is 1.88 bits per heavy atom. The lowest BCUT2D eigenvalue weighted by Crippen LogP contribution is -2.30. The summed E-state index contributed by atoms with van der Waals surface area (Å²) in [6, 6.07) is 0. The van der Waals surface area contributed by atoms with Gasteiger partial charge in [0.25, 0.3) is 0 Å². The number of nitrogens with two attached hydrogens (primary N) is 1. The van der Waals surface area contributed by atoms with E-state index in [0.717, 1.165) is 24.9 Å². The summed E-state index contributed by atoms with van der Waals surface area (Å²) in [7, 11) is 0. The standard InChI is InChI=1S/C12H22N2O.ClH/c13-12(15)8-11(10-1-2-10)7-9-3-5-14-6-4-9;/h9-11,14H,1-8H2,(H2,13,15);1H. The Bertz CT molecular complexity index is 225. The van der Waals surface area contributed by atoms with Gasteiger partial charge >= 0.3 is 0 Å². The average molecular weight is 247 g/mol. The number of nitrogens with one attached hydrogen (secondary N) is 1. The second-order valence-corrected chi connectivity index (χ2v) is 5.20. The van der Waals surface area contributed by atoms with Gasteiger partial charge in [-0.1, -0.05) is 0 Å². The maximum absolute atomic E-state index is 11.0. The van der Waals surface area contributed by atoms with Gasteiger partial charge in [-0.05, 0) is 62.9 Å². The molecule has 0 spiro atoms. The van der Waals surface area contributed by atoms with Gasteiger partial charge in [-0.3, -0.25) is 4.79 Å². The number of carbonyl (C=O) groups is 1. The molecule has 3 N–H and O–H groups in total. The quantitative estimate of drug-likeness (QED) is 0.776. The van der Waals surface area contributed by atoms with Crippen LogP contribution >= 0.6 is 12.4 Å². The van der Waals surface area contributed by atoms with Crippen LogP contribution < -0.4 is 11.1 Å². The summed E-state index contributed by atoms with van der Waals surface area (Å²) in [5.41, 5.74) is 5.31. The van der Waals surface area contributed by atoms with Crippen LogP contribution in [0.1, 0.15) is 38.5 Å². The molecule has 0 bridgehead atoms. The first-order valence-electron chi connectivity index (χ1n) is 6.24. The van der Waals surface area contributed by atoms with E-state index in [-0.39, 0.29) is 18.3 Å². The van der Waals surface area contributed by atoms with Crippen LogP contribution in [0, 0.1) is 17.8 Å². The Labute approximate surface area is 104 Å². The van der Waals surface area contributed by atoms with Crippen molar-refractivity contribution in [3.63, 3.8) is 0 Å². The van der Waals surface area contributed by atoms with Crippen molar-refractivity contribution in [3.05, 3.63) is 0 Å². The van der Waals surface area contributed by atoms with Gasteiger partial charge in [-0.25, -0.2) is 0 Å². The molecular formula is C12H23ClN2O. The van der Waals surface area contributed by atoms with Crippen molar-refractivity contribution in [2.75, 3.05) is 13.1 Å². The van der Waals surface area contributed by atoms with E-state index >= 15 is 0 Å². The van der Waals surface area contributed by atoms with Gasteiger partial charge in [0.15, 0.2) is 0 Å². The second kappa shape index (κ2) is 6.45. The van der Waals surface area contributed by atoms with E-state index in [1.165, 1.54) is 32.1 Å². The zero-order chi connectivity index (χ0) is 10.7. The summed E-state index contributed by atoms with van der Waals surface area (Å²) in [5, 5.41) is 3.38. The number of hydrogen-bond acceptors (Lipinski definition) is 2. The lowest BCUT2D eigenvalue weighted by atomic mass is 9.84. The summed E-state index contributed by atoms with van der Waals surface area (Å²) < 4.78 is 0. The number of halogens is 1. The normalized spacial score (nSPS) is 23.5. The fraction of sp³-hybridized carbons (Fsp3) is 0.917. The van der Waals surface area contributed by atoms with Crippen LogP contribution in [0.5, 0.6) is 0 Å². The third-order valence-corrected chi connectivity index (χ3v) is 3.85. The van der Waals surface area contributed by atoms with Gasteiger partial charge in [-0.2, -0.15) is 0 Å². The Morgan fingerprint density at radius 1 is 1.25 bits per heavy atom. The summed E-state index contributed by atoms with van der Waals surface area (Å²) in [6.07, 6.45) is 7.06. The minimum Gasteiger partial charge on any atom is -0.370 e. The molecule has 1 aliphatic heterocycles. The van der Waals surface area contributed by atoms with E-state index in [4.69, 9.17) is 5.73 Å². The maximum atomic E-state index is 11.0. The summed E-state index contributed by atoms with van der Waals surface area (Å²) in [5.74, 6) is 2.12. The fourth-order valence-electron chi connectivity index (χ4n) is 2.81. The highest BCUT2D eigenvalue weighted by Crippen LogP contribution is 2.42. The largest absolute Gasteiger partial charge is 0.370 e. The fourth-order valence-corrected chi connectivity index (χ4v) is 2.81. The van der Waals surface area contributed by atoms with E-state index in [1.54, 1.807) is 0 Å². The molecule has 2 aliphatic rings. The van der Waals surface area contributed by atoms with Crippen LogP contribution in [0.2, 0.25) is 0 Å². The topological polar surface area (TPSA) is 55.1 Å². The van der Waals surface area contributed by atoms with Gasteiger partial charge in [0.05, 0.1) is 0 Å². The van der Waals surface area contributed by atoms with Gasteiger partial charge in [0, 0.05) is 6.42 Å². The smallest absolute Gasteiger partial charge is 0.217 e. The van der Waals surface area contributed by atoms with Crippen LogP contribution in [0.3, 0.4) is 0 Å². The lowest BCUT2D eigenvalue weighted by molar-refractivity contribution is -0.119. The van der Waals surface area contributed by atoms with Crippen molar-refractivity contribution in [2.24, 2.45) is 23.5 Å². The molecule has 1 aliphatic carbocycles. The van der Waals surface area contributed by atoms with Crippen LogP contribution in [0.25, 0.3) is 0 Å². The van der Waals surface area contributed by atoms with Crippen molar-refractivity contribution >= 4 is 18.3 Å². The molecule has 1 unspecified atom stereocenters. The monoisotopic (exact) mass is 246 g/mol. The Morgan fingerprint density at radius 3 is 2.38 bits per heavy atom. The molecule has 0 aromatic heterocycles. The van der Waals surface area contributed by atoms with Crippen molar-refractivity contribution in [1.82, 2.24) is 5.32 Å². The van der Waals surface area contributed by atoms with Crippen molar-refractivity contribution in [1.29, 1.82) is 0 Å². The van der Waals surface area contributed by atoms with Gasteiger partial charge in [-0.15, -0.1) is 12.4 Å². The third kappa shape index (κ3) is 4.30. The molecule has 1 saturated carbocycles. The maximum Gasteiger partial charge on any atom is 0.217 e. The molecule has 0 aromatic rings. The first-order chi connectivity index (χ1) is 7.25. The average Bonchev–Trinajstić information content (AvgIpc) is 3.01. The molecule has 1 saturated heterocycles. The van der Waals surface area contributed by atoms with Gasteiger partial charge in [0.2, 0.25) is 5.91 Å². The number of carbonyl (C=O) groups excluding carboxylic acids is 1. The summed E-state index contributed by atoms with van der Waals surface area (Å²) >= 11 is 0. The zero-order valence-electron chi connectivity index (χ0n) is 9.78. The highest BCUT2D eigenvalue weighted by atomic mass is 35.5. The highest BCUT2D eigenvalue weighted by molar-refractivity contribution is 5.85. The molecule has 16 heavy (non-hydrogen) atoms. The SMILES string of the molecule is Cl.NC(=O)CC(CC1CCNCC1)C1CC1. The molecule has 1 atom stereocenters. The molecule has 1 amide bonds. The number of amides is 1. The van der Waals surface area contributed by atoms with E-state index in [1.807, 2.05) is 0 Å². The van der Waals surface area contributed by atoms with Crippen LogP contribution in [0.15, 0.2) is 0 Å². The molecule has 0 radical (unpaired) electrons. The van der Waals surface area contributed by atoms with Gasteiger partial charge in [0.1, 0.15) is 0 Å². The number of primary amides is 1. The van der Waals surface area contributed by atoms with Gasteiger partial charge < -0.3 is 11.1 Å². The summed E-state index contributed by atoms with van der Waals surface area (Å²) in [4.78, 5) is 11.0. The molecule has 1 heterocycles. The highest BCUT2D eigenvalue weighted by Gasteiger charge is 2.33. The number of rotatable bonds is 5. The lowest BCUT2D eigenvalue weighted by Gasteiger charge is -2.26. The predicted octanol–water partition coefficient (Wildman–Crippen LogP) is 1.70. The Hall–Kier alpha value is -0.280. The molecule has 4 heteroatoms. The molecule has 3 nitrogen and oxygen atoms in total. The molecule has 94 valence electrons.